The normalized spacial score (nSPS) is 11.2. The summed E-state index contributed by atoms with van der Waals surface area (Å²) in [5.41, 5.74) is 3.97. The van der Waals surface area contributed by atoms with Gasteiger partial charge >= 0.3 is 0 Å². The molecule has 0 aliphatic carbocycles. The Morgan fingerprint density at radius 3 is 2.54 bits per heavy atom. The number of rotatable bonds is 5. The second-order valence-corrected chi connectivity index (χ2v) is 5.97. The fourth-order valence-corrected chi connectivity index (χ4v) is 3.43. The Labute approximate surface area is 140 Å². The highest BCUT2D eigenvalue weighted by molar-refractivity contribution is 6.11. The van der Waals surface area contributed by atoms with Crippen molar-refractivity contribution in [2.24, 2.45) is 0 Å². The molecule has 4 rings (SSSR count). The summed E-state index contributed by atoms with van der Waals surface area (Å²) in [4.78, 5) is 15.7. The number of benzene rings is 2. The molecule has 2 heterocycles. The molecule has 118 valence electrons. The van der Waals surface area contributed by atoms with E-state index < -0.39 is 0 Å². The third-order valence-electron chi connectivity index (χ3n) is 4.51. The highest BCUT2D eigenvalue weighted by Gasteiger charge is 2.13. The number of hydrogen-bond acceptors (Lipinski definition) is 2. The second kappa shape index (κ2) is 6.28. The van der Waals surface area contributed by atoms with Crippen LogP contribution in [0.5, 0.6) is 0 Å². The lowest BCUT2D eigenvalue weighted by molar-refractivity contribution is 0.112. The number of aryl methyl sites for hydroxylation is 2. The van der Waals surface area contributed by atoms with Crippen molar-refractivity contribution in [3.8, 4) is 0 Å². The predicted molar refractivity (Wildman–Crippen MR) is 97.4 cm³/mol. The van der Waals surface area contributed by atoms with E-state index in [1.165, 1.54) is 10.9 Å². The van der Waals surface area contributed by atoms with Crippen molar-refractivity contribution in [3.63, 3.8) is 0 Å². The van der Waals surface area contributed by atoms with Gasteiger partial charge in [0.1, 0.15) is 5.69 Å². The number of aromatic nitrogens is 2. The van der Waals surface area contributed by atoms with E-state index in [1.807, 2.05) is 24.3 Å². The molecule has 0 N–H and O–H groups in total. The Morgan fingerprint density at radius 2 is 1.71 bits per heavy atom. The van der Waals surface area contributed by atoms with Crippen LogP contribution < -0.4 is 0 Å². The van der Waals surface area contributed by atoms with Gasteiger partial charge < -0.3 is 4.57 Å². The van der Waals surface area contributed by atoms with Crippen LogP contribution in [0.1, 0.15) is 22.5 Å². The van der Waals surface area contributed by atoms with Crippen LogP contribution in [0.3, 0.4) is 0 Å². The number of nitrogens with zero attached hydrogens (tertiary/aromatic N) is 2. The van der Waals surface area contributed by atoms with Gasteiger partial charge in [-0.15, -0.1) is 0 Å². The quantitative estimate of drug-likeness (QED) is 0.503. The molecule has 3 heteroatoms. The van der Waals surface area contributed by atoms with Crippen molar-refractivity contribution in [2.45, 2.75) is 19.4 Å². The average Bonchev–Trinajstić information content (AvgIpc) is 2.97. The lowest BCUT2D eigenvalue weighted by Gasteiger charge is -2.08. The van der Waals surface area contributed by atoms with E-state index in [-0.39, 0.29) is 0 Å². The first kappa shape index (κ1) is 14.6. The Balaban J connectivity index is 1.76. The first-order valence-corrected chi connectivity index (χ1v) is 8.23. The first-order chi connectivity index (χ1) is 11.9. The SMILES string of the molecule is O=Cc1nccc2c3ccccc3n(CCCc3ccccc3)c12. The van der Waals surface area contributed by atoms with Gasteiger partial charge in [-0.3, -0.25) is 9.78 Å². The molecule has 0 unspecified atom stereocenters. The van der Waals surface area contributed by atoms with Crippen molar-refractivity contribution in [2.75, 3.05) is 0 Å². The number of carbonyl (C=O) groups is 1. The molecule has 0 radical (unpaired) electrons. The largest absolute Gasteiger partial charge is 0.339 e. The Hall–Kier alpha value is -2.94. The smallest absolute Gasteiger partial charge is 0.170 e. The molecule has 0 saturated heterocycles. The molecular formula is C21H18N2O. The first-order valence-electron chi connectivity index (χ1n) is 8.23. The maximum absolute atomic E-state index is 11.5. The van der Waals surface area contributed by atoms with E-state index in [4.69, 9.17) is 0 Å². The zero-order valence-corrected chi connectivity index (χ0v) is 13.4. The van der Waals surface area contributed by atoms with Gasteiger partial charge in [0.25, 0.3) is 0 Å². The number of carbonyl (C=O) groups excluding carboxylic acids is 1. The minimum Gasteiger partial charge on any atom is -0.339 e. The second-order valence-electron chi connectivity index (χ2n) is 5.97. The van der Waals surface area contributed by atoms with Crippen LogP contribution >= 0.6 is 0 Å². The molecule has 0 aliphatic rings. The number of pyridine rings is 1. The summed E-state index contributed by atoms with van der Waals surface area (Å²) in [5.74, 6) is 0. The van der Waals surface area contributed by atoms with Gasteiger partial charge in [-0.1, -0.05) is 48.5 Å². The minimum atomic E-state index is 0.517. The summed E-state index contributed by atoms with van der Waals surface area (Å²) in [6.45, 7) is 0.867. The maximum Gasteiger partial charge on any atom is 0.170 e. The van der Waals surface area contributed by atoms with Crippen molar-refractivity contribution >= 4 is 28.1 Å². The minimum absolute atomic E-state index is 0.517. The number of fused-ring (bicyclic) bond motifs is 3. The Morgan fingerprint density at radius 1 is 0.917 bits per heavy atom. The highest BCUT2D eigenvalue weighted by Crippen LogP contribution is 2.30. The summed E-state index contributed by atoms with van der Waals surface area (Å²) in [6, 6.07) is 20.8. The lowest BCUT2D eigenvalue weighted by Crippen LogP contribution is -2.02. The fraction of sp³-hybridized carbons (Fsp3) is 0.143. The van der Waals surface area contributed by atoms with Crippen molar-refractivity contribution in [1.82, 2.24) is 9.55 Å². The topological polar surface area (TPSA) is 34.9 Å². The van der Waals surface area contributed by atoms with Crippen LogP contribution in [0.4, 0.5) is 0 Å². The summed E-state index contributed by atoms with van der Waals surface area (Å²) >= 11 is 0. The van der Waals surface area contributed by atoms with Crippen molar-refractivity contribution in [3.05, 3.63) is 78.1 Å². The monoisotopic (exact) mass is 314 g/mol. The summed E-state index contributed by atoms with van der Waals surface area (Å²) in [5, 5.41) is 2.28. The summed E-state index contributed by atoms with van der Waals surface area (Å²) in [6.07, 6.45) is 4.61. The molecule has 0 saturated carbocycles. The van der Waals surface area contributed by atoms with Gasteiger partial charge in [0.05, 0.1) is 5.52 Å². The van der Waals surface area contributed by atoms with Crippen LogP contribution in [-0.4, -0.2) is 15.8 Å². The fourth-order valence-electron chi connectivity index (χ4n) is 3.43. The van der Waals surface area contributed by atoms with E-state index in [1.54, 1.807) is 6.20 Å². The third kappa shape index (κ3) is 2.48. The van der Waals surface area contributed by atoms with Gasteiger partial charge in [0.2, 0.25) is 0 Å². The number of hydrogen-bond donors (Lipinski definition) is 0. The molecule has 2 aromatic heterocycles. The summed E-state index contributed by atoms with van der Waals surface area (Å²) < 4.78 is 2.24. The van der Waals surface area contributed by atoms with Gasteiger partial charge in [0.15, 0.2) is 6.29 Å². The van der Waals surface area contributed by atoms with E-state index in [9.17, 15) is 4.79 Å². The number of para-hydroxylation sites is 1. The molecule has 0 atom stereocenters. The summed E-state index contributed by atoms with van der Waals surface area (Å²) in [7, 11) is 0. The van der Waals surface area contributed by atoms with Crippen LogP contribution in [0.15, 0.2) is 66.9 Å². The van der Waals surface area contributed by atoms with Crippen LogP contribution in [0, 0.1) is 0 Å². The van der Waals surface area contributed by atoms with Gasteiger partial charge in [-0.05, 0) is 30.5 Å². The Kier molecular flexibility index (Phi) is 3.83. The van der Waals surface area contributed by atoms with Crippen LogP contribution in [0.25, 0.3) is 21.8 Å². The Bertz CT molecular complexity index is 1000. The van der Waals surface area contributed by atoms with Crippen LogP contribution in [-0.2, 0) is 13.0 Å². The average molecular weight is 314 g/mol. The maximum atomic E-state index is 11.5. The highest BCUT2D eigenvalue weighted by atomic mass is 16.1. The van der Waals surface area contributed by atoms with E-state index >= 15 is 0 Å². The molecule has 24 heavy (non-hydrogen) atoms. The van der Waals surface area contributed by atoms with E-state index in [0.717, 1.165) is 42.1 Å². The standard InChI is InChI=1S/C21H18N2O/c24-15-19-21-18(12-13-22-19)17-10-4-5-11-20(17)23(21)14-6-9-16-7-2-1-3-8-16/h1-5,7-8,10-13,15H,6,9,14H2. The van der Waals surface area contributed by atoms with Gasteiger partial charge in [-0.2, -0.15) is 0 Å². The van der Waals surface area contributed by atoms with Crippen molar-refractivity contribution in [1.29, 1.82) is 0 Å². The molecule has 4 aromatic rings. The zero-order chi connectivity index (χ0) is 16.4. The molecule has 0 bridgehead atoms. The van der Waals surface area contributed by atoms with Crippen molar-refractivity contribution < 1.29 is 4.79 Å². The van der Waals surface area contributed by atoms with E-state index in [2.05, 4.69) is 45.9 Å². The molecule has 2 aromatic carbocycles. The van der Waals surface area contributed by atoms with E-state index in [0.29, 0.717) is 5.69 Å². The van der Waals surface area contributed by atoms with Gasteiger partial charge in [-0.25, -0.2) is 0 Å². The van der Waals surface area contributed by atoms with Crippen LogP contribution in [0.2, 0.25) is 0 Å². The predicted octanol–water partition coefficient (Wildman–Crippen LogP) is 4.63. The molecule has 0 amide bonds. The van der Waals surface area contributed by atoms with Gasteiger partial charge in [0, 0.05) is 29.0 Å². The molecule has 0 aliphatic heterocycles. The molecule has 0 spiro atoms. The molecular weight excluding hydrogens is 296 g/mol. The lowest BCUT2D eigenvalue weighted by atomic mass is 10.1. The molecule has 3 nitrogen and oxygen atoms in total. The zero-order valence-electron chi connectivity index (χ0n) is 13.4. The third-order valence-corrected chi connectivity index (χ3v) is 4.51. The number of aldehydes is 1. The molecule has 0 fully saturated rings.